The van der Waals surface area contributed by atoms with Crippen molar-refractivity contribution in [2.24, 2.45) is 11.8 Å². The number of carbonyl (C=O) groups is 1. The zero-order chi connectivity index (χ0) is 14.9. The fraction of sp³-hybridized carbons (Fsp3) is 0.611. The molecule has 114 valence electrons. The van der Waals surface area contributed by atoms with Crippen molar-refractivity contribution in [1.29, 1.82) is 0 Å². The SMILES string of the molecule is CC1CC1C(=O)N(Cc1ccccc1)CC1(O)CCCC1. The van der Waals surface area contributed by atoms with Crippen molar-refractivity contribution in [2.75, 3.05) is 6.54 Å². The highest BCUT2D eigenvalue weighted by atomic mass is 16.3. The van der Waals surface area contributed by atoms with Gasteiger partial charge in [-0.3, -0.25) is 4.79 Å². The molecular formula is C18H25NO2. The fourth-order valence-electron chi connectivity index (χ4n) is 3.46. The Bertz CT molecular complexity index is 493. The zero-order valence-electron chi connectivity index (χ0n) is 12.8. The molecule has 0 spiro atoms. The molecule has 0 saturated heterocycles. The van der Waals surface area contributed by atoms with Gasteiger partial charge in [-0.1, -0.05) is 50.1 Å². The lowest BCUT2D eigenvalue weighted by atomic mass is 10.0. The quantitative estimate of drug-likeness (QED) is 0.904. The van der Waals surface area contributed by atoms with Crippen LogP contribution in [0.25, 0.3) is 0 Å². The normalized spacial score (nSPS) is 26.6. The highest BCUT2D eigenvalue weighted by Gasteiger charge is 2.43. The molecule has 3 rings (SSSR count). The van der Waals surface area contributed by atoms with Crippen LogP contribution in [0, 0.1) is 11.8 Å². The maximum atomic E-state index is 12.7. The molecule has 2 unspecified atom stereocenters. The van der Waals surface area contributed by atoms with Crippen LogP contribution in [-0.4, -0.2) is 28.1 Å². The fourth-order valence-corrected chi connectivity index (χ4v) is 3.46. The third kappa shape index (κ3) is 3.46. The second-order valence-electron chi connectivity index (χ2n) is 6.93. The van der Waals surface area contributed by atoms with Gasteiger partial charge in [-0.2, -0.15) is 0 Å². The summed E-state index contributed by atoms with van der Waals surface area (Å²) in [5.41, 5.74) is 0.475. The minimum Gasteiger partial charge on any atom is -0.388 e. The van der Waals surface area contributed by atoms with Crippen molar-refractivity contribution >= 4 is 5.91 Å². The molecule has 1 N–H and O–H groups in total. The molecule has 3 heteroatoms. The number of carbonyl (C=O) groups excluding carboxylic acids is 1. The summed E-state index contributed by atoms with van der Waals surface area (Å²) in [6.07, 6.45) is 4.80. The van der Waals surface area contributed by atoms with Gasteiger partial charge in [0.25, 0.3) is 0 Å². The Hall–Kier alpha value is -1.35. The lowest BCUT2D eigenvalue weighted by molar-refractivity contribution is -0.137. The van der Waals surface area contributed by atoms with E-state index in [0.29, 0.717) is 19.0 Å². The summed E-state index contributed by atoms with van der Waals surface area (Å²) >= 11 is 0. The van der Waals surface area contributed by atoms with Gasteiger partial charge < -0.3 is 10.0 Å². The van der Waals surface area contributed by atoms with Crippen molar-refractivity contribution in [3.63, 3.8) is 0 Å². The maximum Gasteiger partial charge on any atom is 0.226 e. The van der Waals surface area contributed by atoms with E-state index in [2.05, 4.69) is 19.1 Å². The molecule has 2 aliphatic carbocycles. The number of aliphatic hydroxyl groups is 1. The van der Waals surface area contributed by atoms with Crippen LogP contribution >= 0.6 is 0 Å². The molecule has 0 bridgehead atoms. The van der Waals surface area contributed by atoms with Crippen molar-refractivity contribution in [3.05, 3.63) is 35.9 Å². The van der Waals surface area contributed by atoms with Crippen LogP contribution in [0.4, 0.5) is 0 Å². The van der Waals surface area contributed by atoms with Crippen molar-refractivity contribution in [1.82, 2.24) is 4.90 Å². The van der Waals surface area contributed by atoms with Crippen LogP contribution in [0.15, 0.2) is 30.3 Å². The van der Waals surface area contributed by atoms with Crippen LogP contribution in [-0.2, 0) is 11.3 Å². The van der Waals surface area contributed by atoms with Gasteiger partial charge in [-0.05, 0) is 30.7 Å². The first-order chi connectivity index (χ1) is 10.1. The van der Waals surface area contributed by atoms with Gasteiger partial charge in [0.2, 0.25) is 5.91 Å². The molecule has 3 nitrogen and oxygen atoms in total. The van der Waals surface area contributed by atoms with Crippen LogP contribution in [0.2, 0.25) is 0 Å². The molecule has 0 aromatic heterocycles. The lowest BCUT2D eigenvalue weighted by Gasteiger charge is -2.32. The van der Waals surface area contributed by atoms with Crippen molar-refractivity contribution < 1.29 is 9.90 Å². The number of hydrogen-bond donors (Lipinski definition) is 1. The summed E-state index contributed by atoms with van der Waals surface area (Å²) < 4.78 is 0. The molecule has 2 saturated carbocycles. The van der Waals surface area contributed by atoms with Crippen molar-refractivity contribution in [2.45, 2.75) is 51.2 Å². The Kier molecular flexibility index (Phi) is 4.03. The van der Waals surface area contributed by atoms with Crippen LogP contribution in [0.5, 0.6) is 0 Å². The van der Waals surface area contributed by atoms with E-state index in [0.717, 1.165) is 37.7 Å². The molecule has 1 aromatic rings. The molecule has 0 heterocycles. The largest absolute Gasteiger partial charge is 0.388 e. The average Bonchev–Trinajstić information content (AvgIpc) is 3.05. The molecule has 2 fully saturated rings. The summed E-state index contributed by atoms with van der Waals surface area (Å²) in [4.78, 5) is 14.6. The Balaban J connectivity index is 1.72. The number of rotatable bonds is 5. The minimum absolute atomic E-state index is 0.179. The first-order valence-electron chi connectivity index (χ1n) is 8.12. The van der Waals surface area contributed by atoms with Crippen LogP contribution in [0.1, 0.15) is 44.6 Å². The highest BCUT2D eigenvalue weighted by molar-refractivity contribution is 5.81. The van der Waals surface area contributed by atoms with E-state index in [1.54, 1.807) is 0 Å². The van der Waals surface area contributed by atoms with E-state index < -0.39 is 5.60 Å². The maximum absolute atomic E-state index is 12.7. The third-order valence-electron chi connectivity index (χ3n) is 4.97. The Morgan fingerprint density at radius 1 is 1.29 bits per heavy atom. The van der Waals surface area contributed by atoms with E-state index >= 15 is 0 Å². The Labute approximate surface area is 127 Å². The topological polar surface area (TPSA) is 40.5 Å². The predicted octanol–water partition coefficient (Wildman–Crippen LogP) is 2.98. The predicted molar refractivity (Wildman–Crippen MR) is 82.5 cm³/mol. The molecule has 1 amide bonds. The number of amides is 1. The molecule has 2 aliphatic rings. The molecule has 1 aromatic carbocycles. The summed E-state index contributed by atoms with van der Waals surface area (Å²) in [6.45, 7) is 3.24. The number of benzene rings is 1. The smallest absolute Gasteiger partial charge is 0.226 e. The second-order valence-corrected chi connectivity index (χ2v) is 6.93. The molecule has 0 radical (unpaired) electrons. The van der Waals surface area contributed by atoms with E-state index in [4.69, 9.17) is 0 Å². The summed E-state index contributed by atoms with van der Waals surface area (Å²) in [5.74, 6) is 0.916. The molecule has 0 aliphatic heterocycles. The molecular weight excluding hydrogens is 262 g/mol. The number of nitrogens with zero attached hydrogens (tertiary/aromatic N) is 1. The average molecular weight is 287 g/mol. The Morgan fingerprint density at radius 3 is 2.48 bits per heavy atom. The molecule has 21 heavy (non-hydrogen) atoms. The number of hydrogen-bond acceptors (Lipinski definition) is 2. The first kappa shape index (κ1) is 14.6. The van der Waals surface area contributed by atoms with Crippen molar-refractivity contribution in [3.8, 4) is 0 Å². The van der Waals surface area contributed by atoms with Gasteiger partial charge in [0.15, 0.2) is 0 Å². The third-order valence-corrected chi connectivity index (χ3v) is 4.97. The van der Waals surface area contributed by atoms with Gasteiger partial charge in [-0.25, -0.2) is 0 Å². The van der Waals surface area contributed by atoms with E-state index in [1.807, 2.05) is 23.1 Å². The van der Waals surface area contributed by atoms with Gasteiger partial charge in [0.1, 0.15) is 0 Å². The minimum atomic E-state index is -0.664. The van der Waals surface area contributed by atoms with Gasteiger partial charge in [-0.15, -0.1) is 0 Å². The lowest BCUT2D eigenvalue weighted by Crippen LogP contribution is -2.44. The zero-order valence-corrected chi connectivity index (χ0v) is 12.8. The van der Waals surface area contributed by atoms with E-state index in [-0.39, 0.29) is 11.8 Å². The standard InChI is InChI=1S/C18H25NO2/c1-14-11-16(14)17(20)19(12-15-7-3-2-4-8-15)13-18(21)9-5-6-10-18/h2-4,7-8,14,16,21H,5-6,9-13H2,1H3. The monoisotopic (exact) mass is 287 g/mol. The van der Waals surface area contributed by atoms with E-state index in [1.165, 1.54) is 0 Å². The van der Waals surface area contributed by atoms with E-state index in [9.17, 15) is 9.90 Å². The first-order valence-corrected chi connectivity index (χ1v) is 8.12. The van der Waals surface area contributed by atoms with Gasteiger partial charge >= 0.3 is 0 Å². The summed E-state index contributed by atoms with van der Waals surface area (Å²) in [7, 11) is 0. The summed E-state index contributed by atoms with van der Waals surface area (Å²) in [5, 5.41) is 10.7. The summed E-state index contributed by atoms with van der Waals surface area (Å²) in [6, 6.07) is 10.1. The molecule has 2 atom stereocenters. The van der Waals surface area contributed by atoms with Crippen LogP contribution < -0.4 is 0 Å². The second kappa shape index (κ2) is 5.80. The van der Waals surface area contributed by atoms with Gasteiger partial charge in [0.05, 0.1) is 5.60 Å². The van der Waals surface area contributed by atoms with Crippen LogP contribution in [0.3, 0.4) is 0 Å². The van der Waals surface area contributed by atoms with Gasteiger partial charge in [0, 0.05) is 19.0 Å². The Morgan fingerprint density at radius 2 is 1.90 bits per heavy atom. The highest BCUT2D eigenvalue weighted by Crippen LogP contribution is 2.40.